The number of esters is 1. The van der Waals surface area contributed by atoms with Gasteiger partial charge >= 0.3 is 5.97 Å². The third-order valence-corrected chi connectivity index (χ3v) is 19.4. The lowest BCUT2D eigenvalue weighted by atomic mass is 10.0. The number of unbranched alkanes of at least 4 members (excludes halogenated alkanes) is 17. The second-order valence-electron chi connectivity index (χ2n) is 38.2. The summed E-state index contributed by atoms with van der Waals surface area (Å²) in [6.07, 6.45) is 46.9. The van der Waals surface area contributed by atoms with E-state index in [0.717, 1.165) is 134 Å². The molecule has 1 unspecified atom stereocenters. The molecule has 0 aliphatic rings. The van der Waals surface area contributed by atoms with Crippen LogP contribution < -0.4 is 0 Å². The third kappa shape index (κ3) is 330. The van der Waals surface area contributed by atoms with Crippen LogP contribution in [-0.4, -0.2) is 39.0 Å². The van der Waals surface area contributed by atoms with Gasteiger partial charge < -0.3 is 14.2 Å². The van der Waals surface area contributed by atoms with Gasteiger partial charge in [0, 0.05) is 13.0 Å². The molecular formula is C108H248O4. The number of carbonyl (C=O) groups is 1. The van der Waals surface area contributed by atoms with Crippen molar-refractivity contribution in [2.45, 2.75) is 583 Å². The fraction of sp³-hybridized carbons (Fsp3) is 0.991. The molecule has 0 N–H and O–H groups in total. The zero-order chi connectivity index (χ0) is 92.1. The Bertz CT molecular complexity index is 1050. The fourth-order valence-electron chi connectivity index (χ4n) is 3.93. The van der Waals surface area contributed by atoms with Crippen molar-refractivity contribution in [1.29, 1.82) is 0 Å². The summed E-state index contributed by atoms with van der Waals surface area (Å²) in [5.74, 6) is 14.1. The Morgan fingerprint density at radius 2 is 0.304 bits per heavy atom. The minimum atomic E-state index is -0.0686. The number of hydrogen-bond acceptors (Lipinski definition) is 4. The summed E-state index contributed by atoms with van der Waals surface area (Å²) in [5.41, 5.74) is 0. The summed E-state index contributed by atoms with van der Waals surface area (Å²) in [4.78, 5) is 11.0. The molecule has 0 rings (SSSR count). The minimum absolute atomic E-state index is 0.0686. The van der Waals surface area contributed by atoms with Gasteiger partial charge in [-0.2, -0.15) is 0 Å². The van der Waals surface area contributed by atoms with E-state index >= 15 is 0 Å². The number of ether oxygens (including phenoxy) is 3. The molecule has 0 bridgehead atoms. The maximum absolute atomic E-state index is 11.0. The first-order valence-electron chi connectivity index (χ1n) is 50.3. The van der Waals surface area contributed by atoms with E-state index < -0.39 is 0 Å². The molecular weight excluding hydrogens is 1360 g/mol. The molecule has 0 aromatic heterocycles. The second kappa shape index (κ2) is 145. The lowest BCUT2D eigenvalue weighted by Crippen LogP contribution is -2.12. The predicted octanol–water partition coefficient (Wildman–Crippen LogP) is 41.2. The first-order valence-corrected chi connectivity index (χ1v) is 50.3. The molecule has 0 aromatic carbocycles. The second-order valence-corrected chi connectivity index (χ2v) is 38.2. The largest absolute Gasteiger partial charge is 0.469 e. The van der Waals surface area contributed by atoms with Gasteiger partial charge in [0.1, 0.15) is 0 Å². The van der Waals surface area contributed by atoms with Crippen molar-refractivity contribution in [3.63, 3.8) is 0 Å². The van der Waals surface area contributed by atoms with Gasteiger partial charge in [-0.05, 0) is 121 Å². The summed E-state index contributed by atoms with van der Waals surface area (Å²) >= 11 is 0. The van der Waals surface area contributed by atoms with E-state index in [2.05, 4.69) is 351 Å². The Morgan fingerprint density at radius 1 is 0.179 bits per heavy atom. The molecule has 0 aliphatic carbocycles. The van der Waals surface area contributed by atoms with Crippen LogP contribution in [0, 0.1) is 94.7 Å². The Balaban J connectivity index is -0.0000000624. The molecule has 0 aromatic rings. The van der Waals surface area contributed by atoms with Crippen LogP contribution >= 0.6 is 0 Å². The van der Waals surface area contributed by atoms with Crippen molar-refractivity contribution in [2.75, 3.05) is 26.9 Å². The molecule has 0 amide bonds. The third-order valence-electron chi connectivity index (χ3n) is 19.4. The van der Waals surface area contributed by atoms with E-state index in [1.54, 1.807) is 0 Å². The van der Waals surface area contributed by atoms with Crippen LogP contribution in [0.2, 0.25) is 0 Å². The van der Waals surface area contributed by atoms with Gasteiger partial charge in [0.25, 0.3) is 0 Å². The van der Waals surface area contributed by atoms with Crippen LogP contribution in [0.25, 0.3) is 0 Å². The highest BCUT2D eigenvalue weighted by molar-refractivity contribution is 5.68. The quantitative estimate of drug-likeness (QED) is 0.0451. The summed E-state index contributed by atoms with van der Waals surface area (Å²) < 4.78 is 15.9. The Hall–Kier alpha value is -0.610. The molecule has 0 aliphatic heterocycles. The van der Waals surface area contributed by atoms with Gasteiger partial charge in [-0.15, -0.1) is 0 Å². The number of carbonyl (C=O) groups excluding carboxylic acids is 1. The van der Waals surface area contributed by atoms with Gasteiger partial charge in [-0.25, -0.2) is 0 Å². The van der Waals surface area contributed by atoms with Gasteiger partial charge in [0.15, 0.2) is 0 Å². The summed E-state index contributed by atoms with van der Waals surface area (Å²) in [5, 5.41) is 0. The van der Waals surface area contributed by atoms with Gasteiger partial charge in [0.2, 0.25) is 0 Å². The fourth-order valence-corrected chi connectivity index (χ4v) is 3.93. The molecule has 0 fully saturated rings. The number of methoxy groups -OCH3 is 1. The van der Waals surface area contributed by atoms with E-state index in [4.69, 9.17) is 9.47 Å². The highest BCUT2D eigenvalue weighted by atomic mass is 16.5. The van der Waals surface area contributed by atoms with Gasteiger partial charge in [0.05, 0.1) is 26.4 Å². The summed E-state index contributed by atoms with van der Waals surface area (Å²) in [6, 6.07) is 0. The van der Waals surface area contributed by atoms with Crippen LogP contribution in [0.1, 0.15) is 577 Å². The number of hydrogen-bond donors (Lipinski definition) is 0. The van der Waals surface area contributed by atoms with Crippen LogP contribution in [0.4, 0.5) is 0 Å². The summed E-state index contributed by atoms with van der Waals surface area (Å²) in [6.45, 7) is 113. The Morgan fingerprint density at radius 3 is 0.420 bits per heavy atom. The van der Waals surface area contributed by atoms with Crippen molar-refractivity contribution in [2.24, 2.45) is 94.7 Å². The molecule has 4 heteroatoms. The van der Waals surface area contributed by atoms with E-state index in [9.17, 15) is 4.79 Å². The molecule has 0 saturated carbocycles. The zero-order valence-corrected chi connectivity index (χ0v) is 90.5. The molecule has 0 heterocycles. The SMILES string of the molecule is CCC(C)C.CCC(C)C.CCC(C)C.CCC(C)C.CCC(C)C.CCC(C)C.CCC(C)C.CCC(C)C.CCC(C)C.CCC(C)C.CCC(C)C.CCC(C)C.CCC(C)C.CCC(C)C.CCC(C)C.CCC(C)C.CCC(C)OCCOCCCCCCCCCCCCCCCCCCCCC(=O)OC. The maximum Gasteiger partial charge on any atom is 0.305 e. The predicted molar refractivity (Wildman–Crippen MR) is 538 cm³/mol. The molecule has 4 nitrogen and oxygen atoms in total. The van der Waals surface area contributed by atoms with Crippen LogP contribution in [0.15, 0.2) is 0 Å². The smallest absolute Gasteiger partial charge is 0.305 e. The Labute approximate surface area is 725 Å². The first kappa shape index (κ1) is 152. The average Bonchev–Trinajstić information content (AvgIpc) is 1.31. The van der Waals surface area contributed by atoms with E-state index in [1.807, 2.05) is 0 Å². The van der Waals surface area contributed by atoms with E-state index in [0.29, 0.717) is 12.5 Å². The highest BCUT2D eigenvalue weighted by Crippen LogP contribution is 2.15. The van der Waals surface area contributed by atoms with Gasteiger partial charge in [-0.1, -0.05) is 545 Å². The number of rotatable bonds is 42. The zero-order valence-electron chi connectivity index (χ0n) is 90.5. The summed E-state index contributed by atoms with van der Waals surface area (Å²) in [7, 11) is 1.47. The van der Waals surface area contributed by atoms with Gasteiger partial charge in [-0.3, -0.25) is 4.79 Å². The van der Waals surface area contributed by atoms with Crippen molar-refractivity contribution in [3.8, 4) is 0 Å². The molecule has 704 valence electrons. The lowest BCUT2D eigenvalue weighted by molar-refractivity contribution is -0.140. The van der Waals surface area contributed by atoms with E-state index in [1.165, 1.54) is 213 Å². The van der Waals surface area contributed by atoms with Crippen molar-refractivity contribution >= 4 is 5.97 Å². The van der Waals surface area contributed by atoms with Crippen molar-refractivity contribution in [3.05, 3.63) is 0 Å². The lowest BCUT2D eigenvalue weighted by Gasteiger charge is -2.10. The molecule has 0 radical (unpaired) electrons. The highest BCUT2D eigenvalue weighted by Gasteiger charge is 2.01. The monoisotopic (exact) mass is 1610 g/mol. The molecule has 0 spiro atoms. The molecule has 0 saturated heterocycles. The standard InChI is InChI=1S/C28H56O4.16C5H12/c1-4-27(2)32-26-25-31-24-22-20-18-16-14-12-10-8-6-5-7-9-11-13-15-17-19-21-23-28(29)30-3;16*1-4-5(2)3/h27H,4-26H2,1-3H3;16*5H,4H2,1-3H3. The van der Waals surface area contributed by atoms with Crippen molar-refractivity contribution in [1.82, 2.24) is 0 Å². The molecule has 1 atom stereocenters. The normalized spacial score (nSPS) is 10.3. The van der Waals surface area contributed by atoms with Crippen LogP contribution in [0.3, 0.4) is 0 Å². The van der Waals surface area contributed by atoms with Crippen LogP contribution in [0.5, 0.6) is 0 Å². The molecule has 112 heavy (non-hydrogen) atoms. The maximum atomic E-state index is 11.0. The topological polar surface area (TPSA) is 44.8 Å². The minimum Gasteiger partial charge on any atom is -0.469 e. The van der Waals surface area contributed by atoms with Crippen LogP contribution in [-0.2, 0) is 19.0 Å². The average molecular weight is 1610 g/mol. The Kier molecular flexibility index (Phi) is 197. The first-order chi connectivity index (χ1) is 52.0. The van der Waals surface area contributed by atoms with E-state index in [-0.39, 0.29) is 5.97 Å². The van der Waals surface area contributed by atoms with Crippen molar-refractivity contribution < 1.29 is 19.0 Å².